The molecule has 0 saturated heterocycles. The van der Waals surface area contributed by atoms with E-state index < -0.39 is 0 Å². The average molecular weight is 295 g/mol. The number of hydrogen-bond donors (Lipinski definition) is 1. The highest BCUT2D eigenvalue weighted by Crippen LogP contribution is 2.21. The molecule has 92 valence electrons. The van der Waals surface area contributed by atoms with Crippen molar-refractivity contribution in [2.75, 3.05) is 5.32 Å². The number of halogens is 1. The van der Waals surface area contributed by atoms with Crippen molar-refractivity contribution in [2.24, 2.45) is 0 Å². The molecule has 1 rings (SSSR count). The lowest BCUT2D eigenvalue weighted by atomic mass is 10.1. The van der Waals surface area contributed by atoms with Crippen LogP contribution < -0.4 is 5.32 Å². The van der Waals surface area contributed by atoms with Gasteiger partial charge in [0.1, 0.15) is 6.07 Å². The summed E-state index contributed by atoms with van der Waals surface area (Å²) in [7, 11) is 0. The third kappa shape index (κ3) is 4.79. The van der Waals surface area contributed by atoms with Crippen molar-refractivity contribution >= 4 is 21.6 Å². The van der Waals surface area contributed by atoms with Crippen LogP contribution in [0.25, 0.3) is 0 Å². The smallest absolute Gasteiger partial charge is 0.101 e. The Morgan fingerprint density at radius 1 is 1.41 bits per heavy atom. The Hall–Kier alpha value is -1.01. The van der Waals surface area contributed by atoms with E-state index in [-0.39, 0.29) is 0 Å². The Labute approximate surface area is 112 Å². The van der Waals surface area contributed by atoms with E-state index in [1.807, 2.05) is 18.2 Å². The van der Waals surface area contributed by atoms with E-state index in [9.17, 15) is 0 Å². The summed E-state index contributed by atoms with van der Waals surface area (Å²) in [5.74, 6) is 0. The van der Waals surface area contributed by atoms with E-state index in [0.29, 0.717) is 11.6 Å². The minimum Gasteiger partial charge on any atom is -0.382 e. The summed E-state index contributed by atoms with van der Waals surface area (Å²) in [6, 6.07) is 8.39. The average Bonchev–Trinajstić information content (AvgIpc) is 2.32. The van der Waals surface area contributed by atoms with Gasteiger partial charge in [-0.05, 0) is 31.5 Å². The van der Waals surface area contributed by atoms with Crippen molar-refractivity contribution in [3.8, 4) is 6.07 Å². The van der Waals surface area contributed by atoms with E-state index in [4.69, 9.17) is 5.26 Å². The Morgan fingerprint density at radius 3 is 2.82 bits per heavy atom. The maximum Gasteiger partial charge on any atom is 0.101 e. The van der Waals surface area contributed by atoms with Gasteiger partial charge in [-0.2, -0.15) is 5.26 Å². The molecule has 0 aliphatic rings. The number of nitrogens with zero attached hydrogens (tertiary/aromatic N) is 1. The first-order chi connectivity index (χ1) is 8.17. The summed E-state index contributed by atoms with van der Waals surface area (Å²) in [6.45, 7) is 4.37. The highest BCUT2D eigenvalue weighted by atomic mass is 79.9. The first-order valence-corrected chi connectivity index (χ1v) is 6.93. The summed E-state index contributed by atoms with van der Waals surface area (Å²) in [6.07, 6.45) is 4.91. The first-order valence-electron chi connectivity index (χ1n) is 6.13. The molecule has 0 aliphatic carbocycles. The van der Waals surface area contributed by atoms with Crippen LogP contribution >= 0.6 is 15.9 Å². The molecule has 1 aromatic carbocycles. The van der Waals surface area contributed by atoms with Crippen LogP contribution in [0.3, 0.4) is 0 Å². The predicted octanol–water partition coefficient (Wildman–Crippen LogP) is 4.70. The van der Waals surface area contributed by atoms with E-state index in [1.54, 1.807) is 0 Å². The minimum atomic E-state index is 0.412. The molecular formula is C14H19BrN2. The van der Waals surface area contributed by atoms with Gasteiger partial charge in [0, 0.05) is 10.5 Å². The van der Waals surface area contributed by atoms with Crippen molar-refractivity contribution in [3.63, 3.8) is 0 Å². The van der Waals surface area contributed by atoms with Crippen molar-refractivity contribution in [3.05, 3.63) is 28.2 Å². The fraction of sp³-hybridized carbons (Fsp3) is 0.500. The SMILES string of the molecule is CCCCCC(C)Nc1ccc(Br)cc1C#N. The second-order valence-electron chi connectivity index (χ2n) is 4.34. The first kappa shape index (κ1) is 14.1. The second-order valence-corrected chi connectivity index (χ2v) is 5.26. The fourth-order valence-corrected chi connectivity index (χ4v) is 2.13. The number of benzene rings is 1. The quantitative estimate of drug-likeness (QED) is 0.772. The number of anilines is 1. The zero-order valence-corrected chi connectivity index (χ0v) is 12.0. The summed E-state index contributed by atoms with van der Waals surface area (Å²) >= 11 is 3.38. The normalized spacial score (nSPS) is 11.9. The van der Waals surface area contributed by atoms with E-state index >= 15 is 0 Å². The van der Waals surface area contributed by atoms with Crippen LogP contribution in [0.1, 0.15) is 45.1 Å². The van der Waals surface area contributed by atoms with Gasteiger partial charge in [-0.1, -0.05) is 42.1 Å². The number of unbranched alkanes of at least 4 members (excludes halogenated alkanes) is 2. The number of hydrogen-bond acceptors (Lipinski definition) is 2. The van der Waals surface area contributed by atoms with Gasteiger partial charge in [0.15, 0.2) is 0 Å². The van der Waals surface area contributed by atoms with Crippen LogP contribution in [0.4, 0.5) is 5.69 Å². The Balaban J connectivity index is 2.59. The Morgan fingerprint density at radius 2 is 2.18 bits per heavy atom. The van der Waals surface area contributed by atoms with Gasteiger partial charge in [0.2, 0.25) is 0 Å². The van der Waals surface area contributed by atoms with Crippen LogP contribution in [-0.4, -0.2) is 6.04 Å². The molecule has 0 amide bonds. The third-order valence-electron chi connectivity index (χ3n) is 2.74. The predicted molar refractivity (Wildman–Crippen MR) is 76.1 cm³/mol. The van der Waals surface area contributed by atoms with Crippen LogP contribution in [0.15, 0.2) is 22.7 Å². The van der Waals surface area contributed by atoms with E-state index in [2.05, 4.69) is 41.2 Å². The molecule has 1 N–H and O–H groups in total. The van der Waals surface area contributed by atoms with Gasteiger partial charge in [-0.15, -0.1) is 0 Å². The van der Waals surface area contributed by atoms with Crippen molar-refractivity contribution in [1.82, 2.24) is 0 Å². The summed E-state index contributed by atoms with van der Waals surface area (Å²) in [5.41, 5.74) is 1.63. The molecule has 0 spiro atoms. The number of nitrogens with one attached hydrogen (secondary N) is 1. The zero-order chi connectivity index (χ0) is 12.7. The van der Waals surface area contributed by atoms with Gasteiger partial charge >= 0.3 is 0 Å². The number of rotatable bonds is 6. The molecule has 0 saturated carbocycles. The van der Waals surface area contributed by atoms with Gasteiger partial charge < -0.3 is 5.32 Å². The molecule has 0 aromatic heterocycles. The number of nitriles is 1. The molecular weight excluding hydrogens is 276 g/mol. The van der Waals surface area contributed by atoms with Gasteiger partial charge in [-0.3, -0.25) is 0 Å². The third-order valence-corrected chi connectivity index (χ3v) is 3.24. The van der Waals surface area contributed by atoms with Gasteiger partial charge in [-0.25, -0.2) is 0 Å². The fourth-order valence-electron chi connectivity index (χ4n) is 1.77. The van der Waals surface area contributed by atoms with Crippen molar-refractivity contribution in [2.45, 2.75) is 45.6 Å². The van der Waals surface area contributed by atoms with E-state index in [0.717, 1.165) is 16.6 Å². The Bertz CT molecular complexity index is 396. The van der Waals surface area contributed by atoms with Crippen molar-refractivity contribution in [1.29, 1.82) is 5.26 Å². The lowest BCUT2D eigenvalue weighted by Crippen LogP contribution is -2.15. The minimum absolute atomic E-state index is 0.412. The van der Waals surface area contributed by atoms with Gasteiger partial charge in [0.05, 0.1) is 11.3 Å². The molecule has 3 heteroatoms. The highest BCUT2D eigenvalue weighted by Gasteiger charge is 2.06. The highest BCUT2D eigenvalue weighted by molar-refractivity contribution is 9.10. The van der Waals surface area contributed by atoms with Crippen LogP contribution in [0.5, 0.6) is 0 Å². The topological polar surface area (TPSA) is 35.8 Å². The Kier molecular flexibility index (Phi) is 6.07. The largest absolute Gasteiger partial charge is 0.382 e. The summed E-state index contributed by atoms with van der Waals surface area (Å²) in [5, 5.41) is 12.5. The van der Waals surface area contributed by atoms with E-state index in [1.165, 1.54) is 19.3 Å². The lowest BCUT2D eigenvalue weighted by molar-refractivity contribution is 0.615. The summed E-state index contributed by atoms with van der Waals surface area (Å²) in [4.78, 5) is 0. The van der Waals surface area contributed by atoms with Crippen LogP contribution in [-0.2, 0) is 0 Å². The molecule has 0 radical (unpaired) electrons. The molecule has 0 heterocycles. The zero-order valence-electron chi connectivity index (χ0n) is 10.5. The van der Waals surface area contributed by atoms with Crippen molar-refractivity contribution < 1.29 is 0 Å². The monoisotopic (exact) mass is 294 g/mol. The molecule has 1 aromatic rings. The maximum absolute atomic E-state index is 9.06. The van der Waals surface area contributed by atoms with Gasteiger partial charge in [0.25, 0.3) is 0 Å². The molecule has 17 heavy (non-hydrogen) atoms. The van der Waals surface area contributed by atoms with Crippen LogP contribution in [0.2, 0.25) is 0 Å². The molecule has 0 fully saturated rings. The summed E-state index contributed by atoms with van der Waals surface area (Å²) < 4.78 is 0.943. The standard InChI is InChI=1S/C14H19BrN2/c1-3-4-5-6-11(2)17-14-8-7-13(15)9-12(14)10-16/h7-9,11,17H,3-6H2,1-2H3. The molecule has 1 unspecified atom stereocenters. The molecule has 0 aliphatic heterocycles. The molecule has 1 atom stereocenters. The maximum atomic E-state index is 9.06. The van der Waals surface area contributed by atoms with Crippen LogP contribution in [0, 0.1) is 11.3 Å². The lowest BCUT2D eigenvalue weighted by Gasteiger charge is -2.16. The second kappa shape index (κ2) is 7.34. The molecule has 0 bridgehead atoms. The molecule has 2 nitrogen and oxygen atoms in total.